The van der Waals surface area contributed by atoms with Crippen LogP contribution in [-0.4, -0.2) is 4.98 Å². The molecule has 2 N–H and O–H groups in total. The number of rotatable bonds is 2. The monoisotopic (exact) mass is 238 g/mol. The van der Waals surface area contributed by atoms with Crippen LogP contribution >= 0.6 is 11.6 Å². The first-order chi connectivity index (χ1) is 7.65. The first kappa shape index (κ1) is 10.7. The van der Waals surface area contributed by atoms with Gasteiger partial charge in [-0.25, -0.2) is 9.37 Å². The average molecular weight is 239 g/mol. The molecule has 0 amide bonds. The molecule has 0 atom stereocenters. The molecule has 0 aliphatic heterocycles. The van der Waals surface area contributed by atoms with Crippen LogP contribution < -0.4 is 10.5 Å². The number of nitrogens with zero attached hydrogens (tertiary/aromatic N) is 1. The van der Waals surface area contributed by atoms with Gasteiger partial charge in [-0.3, -0.25) is 0 Å². The van der Waals surface area contributed by atoms with Crippen molar-refractivity contribution in [3.63, 3.8) is 0 Å². The molecule has 0 aliphatic carbocycles. The summed E-state index contributed by atoms with van der Waals surface area (Å²) >= 11 is 5.67. The molecule has 3 nitrogen and oxygen atoms in total. The minimum Gasteiger partial charge on any atom is -0.437 e. The van der Waals surface area contributed by atoms with E-state index in [2.05, 4.69) is 4.98 Å². The van der Waals surface area contributed by atoms with E-state index in [4.69, 9.17) is 22.1 Å². The zero-order chi connectivity index (χ0) is 11.5. The van der Waals surface area contributed by atoms with Crippen molar-refractivity contribution in [1.82, 2.24) is 4.98 Å². The summed E-state index contributed by atoms with van der Waals surface area (Å²) in [7, 11) is 0. The van der Waals surface area contributed by atoms with E-state index < -0.39 is 5.82 Å². The van der Waals surface area contributed by atoms with Gasteiger partial charge in [-0.15, -0.1) is 0 Å². The number of nitrogen functional groups attached to an aromatic ring is 1. The van der Waals surface area contributed by atoms with Crippen LogP contribution in [0.3, 0.4) is 0 Å². The maximum absolute atomic E-state index is 12.8. The Bertz CT molecular complexity index is 502. The number of pyridine rings is 1. The van der Waals surface area contributed by atoms with Gasteiger partial charge in [0.15, 0.2) is 5.75 Å². The molecule has 0 spiro atoms. The number of anilines is 1. The highest BCUT2D eigenvalue weighted by atomic mass is 35.5. The first-order valence-corrected chi connectivity index (χ1v) is 4.87. The Balaban J connectivity index is 2.23. The Kier molecular flexibility index (Phi) is 2.92. The van der Waals surface area contributed by atoms with Gasteiger partial charge in [0.25, 0.3) is 0 Å². The Hall–Kier alpha value is -1.81. The fourth-order valence-electron chi connectivity index (χ4n) is 1.15. The Labute approximate surface area is 96.6 Å². The molecular formula is C11H8ClFN2O. The Morgan fingerprint density at radius 2 is 2.06 bits per heavy atom. The third-order valence-corrected chi connectivity index (χ3v) is 2.11. The molecule has 0 radical (unpaired) electrons. The van der Waals surface area contributed by atoms with Gasteiger partial charge >= 0.3 is 0 Å². The second-order valence-corrected chi connectivity index (χ2v) is 3.54. The minimum absolute atomic E-state index is 0.219. The van der Waals surface area contributed by atoms with Crippen LogP contribution in [0.2, 0.25) is 5.02 Å². The molecule has 2 rings (SSSR count). The van der Waals surface area contributed by atoms with E-state index in [0.29, 0.717) is 16.7 Å². The van der Waals surface area contributed by atoms with Crippen LogP contribution in [0.1, 0.15) is 0 Å². The molecular weight excluding hydrogens is 231 g/mol. The van der Waals surface area contributed by atoms with Gasteiger partial charge in [0, 0.05) is 18.3 Å². The molecule has 82 valence electrons. The zero-order valence-corrected chi connectivity index (χ0v) is 8.91. The summed E-state index contributed by atoms with van der Waals surface area (Å²) in [6, 6.07) is 7.14. The summed E-state index contributed by atoms with van der Waals surface area (Å²) < 4.78 is 18.1. The molecule has 1 heterocycles. The second kappa shape index (κ2) is 4.37. The first-order valence-electron chi connectivity index (χ1n) is 4.49. The number of halogens is 2. The lowest BCUT2D eigenvalue weighted by molar-refractivity contribution is 0.463. The van der Waals surface area contributed by atoms with E-state index in [9.17, 15) is 4.39 Å². The third kappa shape index (κ3) is 2.41. The number of hydrogen-bond acceptors (Lipinski definition) is 3. The van der Waals surface area contributed by atoms with Gasteiger partial charge in [-0.05, 0) is 18.2 Å². The van der Waals surface area contributed by atoms with Crippen LogP contribution in [0.4, 0.5) is 10.1 Å². The van der Waals surface area contributed by atoms with Gasteiger partial charge in [0.1, 0.15) is 5.82 Å². The highest BCUT2D eigenvalue weighted by Gasteiger charge is 2.04. The van der Waals surface area contributed by atoms with Crippen LogP contribution in [0.5, 0.6) is 11.6 Å². The Morgan fingerprint density at radius 1 is 1.25 bits per heavy atom. The van der Waals surface area contributed by atoms with Gasteiger partial charge in [0.2, 0.25) is 5.88 Å². The average Bonchev–Trinajstić information content (AvgIpc) is 2.25. The van der Waals surface area contributed by atoms with Crippen LogP contribution in [0.15, 0.2) is 36.5 Å². The van der Waals surface area contributed by atoms with Gasteiger partial charge < -0.3 is 10.5 Å². The number of aromatic nitrogens is 1. The topological polar surface area (TPSA) is 48.1 Å². The zero-order valence-electron chi connectivity index (χ0n) is 8.15. The summed E-state index contributed by atoms with van der Waals surface area (Å²) in [4.78, 5) is 3.93. The van der Waals surface area contributed by atoms with Crippen molar-refractivity contribution in [3.8, 4) is 11.6 Å². The normalized spacial score (nSPS) is 10.1. The highest BCUT2D eigenvalue weighted by molar-refractivity contribution is 6.30. The number of hydrogen-bond donors (Lipinski definition) is 1. The van der Waals surface area contributed by atoms with Crippen molar-refractivity contribution in [2.45, 2.75) is 0 Å². The molecule has 16 heavy (non-hydrogen) atoms. The molecule has 1 aromatic carbocycles. The van der Waals surface area contributed by atoms with Gasteiger partial charge in [0.05, 0.1) is 10.7 Å². The van der Waals surface area contributed by atoms with Crippen molar-refractivity contribution in [2.75, 3.05) is 5.73 Å². The minimum atomic E-state index is -0.408. The molecule has 0 unspecified atom stereocenters. The van der Waals surface area contributed by atoms with Gasteiger partial charge in [-0.2, -0.15) is 0 Å². The fourth-order valence-corrected chi connectivity index (χ4v) is 1.26. The Morgan fingerprint density at radius 3 is 2.69 bits per heavy atom. The molecule has 0 bridgehead atoms. The van der Waals surface area contributed by atoms with Crippen molar-refractivity contribution >= 4 is 17.3 Å². The predicted octanol–water partition coefficient (Wildman–Crippen LogP) is 3.25. The van der Waals surface area contributed by atoms with E-state index in [-0.39, 0.29) is 5.69 Å². The molecule has 0 saturated heterocycles. The van der Waals surface area contributed by atoms with Crippen molar-refractivity contribution in [3.05, 3.63) is 47.4 Å². The quantitative estimate of drug-likeness (QED) is 0.817. The fraction of sp³-hybridized carbons (Fsp3) is 0. The van der Waals surface area contributed by atoms with E-state index >= 15 is 0 Å². The van der Waals surface area contributed by atoms with Crippen LogP contribution in [-0.2, 0) is 0 Å². The lowest BCUT2D eigenvalue weighted by atomic mass is 10.3. The van der Waals surface area contributed by atoms with E-state index in [0.717, 1.165) is 0 Å². The second-order valence-electron chi connectivity index (χ2n) is 3.10. The van der Waals surface area contributed by atoms with Crippen molar-refractivity contribution in [2.24, 2.45) is 0 Å². The lowest BCUT2D eigenvalue weighted by Crippen LogP contribution is -1.94. The maximum atomic E-state index is 12.8. The van der Waals surface area contributed by atoms with Crippen molar-refractivity contribution in [1.29, 1.82) is 0 Å². The SMILES string of the molecule is Nc1cc(F)ccc1Oc1ccc(Cl)cn1. The number of nitrogens with two attached hydrogens (primary N) is 1. The third-order valence-electron chi connectivity index (χ3n) is 1.89. The summed E-state index contributed by atoms with van der Waals surface area (Å²) in [5, 5.41) is 0.513. The molecule has 0 aliphatic rings. The molecule has 1 aromatic heterocycles. The standard InChI is InChI=1S/C11H8ClFN2O/c12-7-1-4-11(15-6-7)16-10-3-2-8(13)5-9(10)14/h1-6H,14H2. The molecule has 0 fully saturated rings. The predicted molar refractivity (Wildman–Crippen MR) is 60.1 cm³/mol. The van der Waals surface area contributed by atoms with Crippen LogP contribution in [0.25, 0.3) is 0 Å². The van der Waals surface area contributed by atoms with E-state index in [1.807, 2.05) is 0 Å². The van der Waals surface area contributed by atoms with Crippen molar-refractivity contribution < 1.29 is 9.13 Å². The summed E-state index contributed by atoms with van der Waals surface area (Å²) in [6.45, 7) is 0. The molecule has 5 heteroatoms. The number of ether oxygens (including phenoxy) is 1. The smallest absolute Gasteiger partial charge is 0.219 e. The highest BCUT2D eigenvalue weighted by Crippen LogP contribution is 2.26. The van der Waals surface area contributed by atoms with Gasteiger partial charge in [-0.1, -0.05) is 11.6 Å². The lowest BCUT2D eigenvalue weighted by Gasteiger charge is -2.07. The van der Waals surface area contributed by atoms with E-state index in [1.165, 1.54) is 24.4 Å². The summed E-state index contributed by atoms with van der Waals surface area (Å²) in [6.07, 6.45) is 1.45. The van der Waals surface area contributed by atoms with Crippen LogP contribution in [0, 0.1) is 5.82 Å². The summed E-state index contributed by atoms with van der Waals surface area (Å²) in [5.41, 5.74) is 5.80. The maximum Gasteiger partial charge on any atom is 0.219 e. The molecule has 2 aromatic rings. The largest absolute Gasteiger partial charge is 0.437 e. The van der Waals surface area contributed by atoms with E-state index in [1.54, 1.807) is 12.1 Å². The summed E-state index contributed by atoms with van der Waals surface area (Å²) in [5.74, 6) is 0.299. The number of benzene rings is 1. The molecule has 0 saturated carbocycles.